The van der Waals surface area contributed by atoms with E-state index < -0.39 is 0 Å². The molecular formula is C18H30N2O2. The Balaban J connectivity index is 1.88. The van der Waals surface area contributed by atoms with Crippen LogP contribution in [-0.2, 0) is 11.3 Å². The van der Waals surface area contributed by atoms with E-state index in [9.17, 15) is 5.11 Å². The van der Waals surface area contributed by atoms with Crippen molar-refractivity contribution in [3.05, 3.63) is 35.9 Å². The minimum Gasteiger partial charge on any atom is -0.390 e. The van der Waals surface area contributed by atoms with E-state index in [2.05, 4.69) is 47.9 Å². The van der Waals surface area contributed by atoms with Crippen molar-refractivity contribution in [3.63, 3.8) is 0 Å². The first-order chi connectivity index (χ1) is 10.7. The van der Waals surface area contributed by atoms with Crippen LogP contribution in [0.5, 0.6) is 0 Å². The monoisotopic (exact) mass is 306 g/mol. The molecule has 1 aromatic rings. The van der Waals surface area contributed by atoms with Crippen LogP contribution in [0.1, 0.15) is 25.8 Å². The molecule has 0 radical (unpaired) electrons. The molecule has 1 saturated heterocycles. The number of nitrogens with zero attached hydrogens (tertiary/aromatic N) is 2. The van der Waals surface area contributed by atoms with Gasteiger partial charge in [-0.15, -0.1) is 0 Å². The van der Waals surface area contributed by atoms with Crippen molar-refractivity contribution in [3.8, 4) is 0 Å². The highest BCUT2D eigenvalue weighted by Crippen LogP contribution is 2.12. The summed E-state index contributed by atoms with van der Waals surface area (Å²) in [5.74, 6) is 0. The zero-order valence-electron chi connectivity index (χ0n) is 13.9. The number of morpholine rings is 1. The molecule has 1 N–H and O–H groups in total. The molecule has 4 nitrogen and oxygen atoms in total. The minimum absolute atomic E-state index is 0.309. The Morgan fingerprint density at radius 2 is 1.91 bits per heavy atom. The number of aliphatic hydroxyl groups excluding tert-OH is 1. The zero-order chi connectivity index (χ0) is 15.8. The van der Waals surface area contributed by atoms with E-state index in [1.54, 1.807) is 0 Å². The van der Waals surface area contributed by atoms with Gasteiger partial charge in [-0.05, 0) is 18.9 Å². The van der Waals surface area contributed by atoms with Crippen molar-refractivity contribution in [2.24, 2.45) is 0 Å². The highest BCUT2D eigenvalue weighted by atomic mass is 16.5. The summed E-state index contributed by atoms with van der Waals surface area (Å²) in [6, 6.07) is 11.0. The van der Waals surface area contributed by atoms with E-state index in [0.717, 1.165) is 52.4 Å². The SMILES string of the molecule is CCC(C)N(Cc1ccccc1)CC(O)CN1CCOCC1. The van der Waals surface area contributed by atoms with Gasteiger partial charge in [-0.2, -0.15) is 0 Å². The molecule has 2 atom stereocenters. The van der Waals surface area contributed by atoms with Crippen LogP contribution in [0.3, 0.4) is 0 Å². The largest absolute Gasteiger partial charge is 0.390 e. The number of ether oxygens (including phenoxy) is 1. The smallest absolute Gasteiger partial charge is 0.0794 e. The number of benzene rings is 1. The van der Waals surface area contributed by atoms with Gasteiger partial charge in [0, 0.05) is 38.8 Å². The number of aliphatic hydroxyl groups is 1. The third-order valence-electron chi connectivity index (χ3n) is 4.46. The Labute approximate surface area is 134 Å². The van der Waals surface area contributed by atoms with Crippen LogP contribution in [0.15, 0.2) is 30.3 Å². The molecule has 0 bridgehead atoms. The predicted octanol–water partition coefficient (Wildman–Crippen LogP) is 1.98. The van der Waals surface area contributed by atoms with Crippen LogP contribution in [0.4, 0.5) is 0 Å². The van der Waals surface area contributed by atoms with Gasteiger partial charge < -0.3 is 9.84 Å². The fourth-order valence-corrected chi connectivity index (χ4v) is 2.89. The van der Waals surface area contributed by atoms with Crippen LogP contribution in [0.2, 0.25) is 0 Å². The molecule has 4 heteroatoms. The van der Waals surface area contributed by atoms with Gasteiger partial charge in [0.15, 0.2) is 0 Å². The molecule has 124 valence electrons. The second-order valence-corrected chi connectivity index (χ2v) is 6.24. The molecule has 22 heavy (non-hydrogen) atoms. The molecule has 0 amide bonds. The first-order valence-electron chi connectivity index (χ1n) is 8.45. The molecule has 1 heterocycles. The maximum absolute atomic E-state index is 10.5. The highest BCUT2D eigenvalue weighted by Gasteiger charge is 2.20. The van der Waals surface area contributed by atoms with Gasteiger partial charge in [0.1, 0.15) is 0 Å². The molecule has 1 fully saturated rings. The summed E-state index contributed by atoms with van der Waals surface area (Å²) in [6.45, 7) is 10.2. The summed E-state index contributed by atoms with van der Waals surface area (Å²) in [7, 11) is 0. The van der Waals surface area contributed by atoms with Crippen molar-refractivity contribution >= 4 is 0 Å². The average Bonchev–Trinajstić information content (AvgIpc) is 2.55. The summed E-state index contributed by atoms with van der Waals surface area (Å²) in [6.07, 6.45) is 0.785. The molecular weight excluding hydrogens is 276 g/mol. The molecule has 2 unspecified atom stereocenters. The van der Waals surface area contributed by atoms with Gasteiger partial charge >= 0.3 is 0 Å². The van der Waals surface area contributed by atoms with Crippen LogP contribution >= 0.6 is 0 Å². The normalized spacial score (nSPS) is 19.3. The zero-order valence-corrected chi connectivity index (χ0v) is 13.9. The third-order valence-corrected chi connectivity index (χ3v) is 4.46. The van der Waals surface area contributed by atoms with Crippen LogP contribution < -0.4 is 0 Å². The number of rotatable bonds is 8. The Morgan fingerprint density at radius 3 is 2.55 bits per heavy atom. The van der Waals surface area contributed by atoms with Gasteiger partial charge in [-0.3, -0.25) is 9.80 Å². The summed E-state index contributed by atoms with van der Waals surface area (Å²) < 4.78 is 5.36. The molecule has 2 rings (SSSR count). The Morgan fingerprint density at radius 1 is 1.23 bits per heavy atom. The van der Waals surface area contributed by atoms with E-state index in [1.807, 2.05) is 6.07 Å². The second kappa shape index (κ2) is 9.26. The minimum atomic E-state index is -0.309. The van der Waals surface area contributed by atoms with Gasteiger partial charge in [0.2, 0.25) is 0 Å². The van der Waals surface area contributed by atoms with E-state index in [1.165, 1.54) is 5.56 Å². The van der Waals surface area contributed by atoms with Crippen molar-refractivity contribution < 1.29 is 9.84 Å². The summed E-state index contributed by atoms with van der Waals surface area (Å²) in [5.41, 5.74) is 1.31. The molecule has 0 saturated carbocycles. The summed E-state index contributed by atoms with van der Waals surface area (Å²) >= 11 is 0. The molecule has 0 aliphatic carbocycles. The fraction of sp³-hybridized carbons (Fsp3) is 0.667. The lowest BCUT2D eigenvalue weighted by atomic mass is 10.1. The van der Waals surface area contributed by atoms with Crippen molar-refractivity contribution in [1.82, 2.24) is 9.80 Å². The molecule has 1 aliphatic rings. The summed E-state index contributed by atoms with van der Waals surface area (Å²) in [5, 5.41) is 10.5. The Kier molecular flexibility index (Phi) is 7.33. The Hall–Kier alpha value is -0.940. The van der Waals surface area contributed by atoms with E-state index >= 15 is 0 Å². The lowest BCUT2D eigenvalue weighted by molar-refractivity contribution is 0.00253. The standard InChI is InChI=1S/C18H30N2O2/c1-3-16(2)20(13-17-7-5-4-6-8-17)15-18(21)14-19-9-11-22-12-10-19/h4-8,16,18,21H,3,9-15H2,1-2H3. The van der Waals surface area contributed by atoms with E-state index in [4.69, 9.17) is 4.74 Å². The lowest BCUT2D eigenvalue weighted by Crippen LogP contribution is -2.46. The topological polar surface area (TPSA) is 35.9 Å². The van der Waals surface area contributed by atoms with E-state index in [-0.39, 0.29) is 6.10 Å². The number of β-amino-alcohol motifs (C(OH)–C–C–N with tert-alkyl or cyclic N) is 1. The summed E-state index contributed by atoms with van der Waals surface area (Å²) in [4.78, 5) is 4.69. The first kappa shape index (κ1) is 17.4. The molecule has 0 aromatic heterocycles. The van der Waals surface area contributed by atoms with Crippen LogP contribution in [0.25, 0.3) is 0 Å². The van der Waals surface area contributed by atoms with Gasteiger partial charge in [-0.25, -0.2) is 0 Å². The van der Waals surface area contributed by atoms with Crippen molar-refractivity contribution in [2.75, 3.05) is 39.4 Å². The molecule has 1 aliphatic heterocycles. The Bertz CT molecular complexity index is 407. The molecule has 0 spiro atoms. The van der Waals surface area contributed by atoms with Gasteiger partial charge in [0.05, 0.1) is 19.3 Å². The number of hydrogen-bond donors (Lipinski definition) is 1. The van der Waals surface area contributed by atoms with E-state index in [0.29, 0.717) is 6.04 Å². The molecule has 1 aromatic carbocycles. The predicted molar refractivity (Wildman–Crippen MR) is 89.9 cm³/mol. The number of hydrogen-bond acceptors (Lipinski definition) is 4. The highest BCUT2D eigenvalue weighted by molar-refractivity contribution is 5.14. The fourth-order valence-electron chi connectivity index (χ4n) is 2.89. The third kappa shape index (κ3) is 5.69. The average molecular weight is 306 g/mol. The van der Waals surface area contributed by atoms with Gasteiger partial charge in [-0.1, -0.05) is 37.3 Å². The van der Waals surface area contributed by atoms with Crippen molar-refractivity contribution in [2.45, 2.75) is 39.0 Å². The van der Waals surface area contributed by atoms with Crippen molar-refractivity contribution in [1.29, 1.82) is 0 Å². The lowest BCUT2D eigenvalue weighted by Gasteiger charge is -2.33. The maximum atomic E-state index is 10.5. The maximum Gasteiger partial charge on any atom is 0.0794 e. The second-order valence-electron chi connectivity index (χ2n) is 6.24. The van der Waals surface area contributed by atoms with Crippen LogP contribution in [0, 0.1) is 0 Å². The van der Waals surface area contributed by atoms with Crippen LogP contribution in [-0.4, -0.2) is 66.4 Å². The first-order valence-corrected chi connectivity index (χ1v) is 8.45. The van der Waals surface area contributed by atoms with Gasteiger partial charge in [0.25, 0.3) is 0 Å². The quantitative estimate of drug-likeness (QED) is 0.797.